The molecule has 0 aliphatic heterocycles. The summed E-state index contributed by atoms with van der Waals surface area (Å²) in [4.78, 5) is 20.4. The van der Waals surface area contributed by atoms with Gasteiger partial charge >= 0.3 is 5.97 Å². The third-order valence-electron chi connectivity index (χ3n) is 2.38. The Morgan fingerprint density at radius 1 is 1.52 bits per heavy atom. The first-order chi connectivity index (χ1) is 9.69. The molecule has 1 unspecified atom stereocenters. The van der Waals surface area contributed by atoms with Gasteiger partial charge in [-0.25, -0.2) is 12.8 Å². The Morgan fingerprint density at radius 3 is 2.67 bits per heavy atom. The molecule has 8 nitrogen and oxygen atoms in total. The molecule has 1 aromatic rings. The van der Waals surface area contributed by atoms with E-state index in [4.69, 9.17) is 0 Å². The summed E-state index contributed by atoms with van der Waals surface area (Å²) in [6, 6.07) is 0.785. The van der Waals surface area contributed by atoms with Gasteiger partial charge < -0.3 is 4.74 Å². The molecule has 0 saturated carbocycles. The van der Waals surface area contributed by atoms with E-state index in [1.165, 1.54) is 6.92 Å². The van der Waals surface area contributed by atoms with Crippen molar-refractivity contribution in [3.63, 3.8) is 0 Å². The lowest BCUT2D eigenvalue weighted by Crippen LogP contribution is -2.39. The largest absolute Gasteiger partial charge is 0.465 e. The molecule has 10 heteroatoms. The third-order valence-corrected chi connectivity index (χ3v) is 3.97. The number of nitrogens with zero attached hydrogens (tertiary/aromatic N) is 1. The molecule has 0 saturated heterocycles. The lowest BCUT2D eigenvalue weighted by molar-refractivity contribution is -0.388. The summed E-state index contributed by atoms with van der Waals surface area (Å²) in [6.07, 6.45) is 0. The van der Waals surface area contributed by atoms with Crippen LogP contribution in [0.2, 0.25) is 0 Å². The zero-order chi connectivity index (χ0) is 16.2. The highest BCUT2D eigenvalue weighted by molar-refractivity contribution is 7.89. The van der Waals surface area contributed by atoms with E-state index in [1.807, 2.05) is 4.72 Å². The predicted octanol–water partition coefficient (Wildman–Crippen LogP) is 0.964. The summed E-state index contributed by atoms with van der Waals surface area (Å²) in [5.74, 6) is -1.77. The van der Waals surface area contributed by atoms with Gasteiger partial charge in [-0.2, -0.15) is 4.72 Å². The van der Waals surface area contributed by atoms with Gasteiger partial charge in [0, 0.05) is 0 Å². The topological polar surface area (TPSA) is 116 Å². The predicted molar refractivity (Wildman–Crippen MR) is 69.5 cm³/mol. The van der Waals surface area contributed by atoms with Gasteiger partial charge in [0.2, 0.25) is 10.0 Å². The maximum Gasteiger partial charge on any atom is 0.323 e. The van der Waals surface area contributed by atoms with Gasteiger partial charge in [0.1, 0.15) is 11.9 Å². The van der Waals surface area contributed by atoms with E-state index >= 15 is 0 Å². The van der Waals surface area contributed by atoms with Crippen LogP contribution in [0.4, 0.5) is 10.1 Å². The summed E-state index contributed by atoms with van der Waals surface area (Å²) in [5, 5.41) is 10.8. The Hall–Kier alpha value is -2.07. The van der Waals surface area contributed by atoms with E-state index in [-0.39, 0.29) is 6.61 Å². The summed E-state index contributed by atoms with van der Waals surface area (Å²) < 4.78 is 43.6. The van der Waals surface area contributed by atoms with E-state index in [0.717, 1.165) is 12.1 Å². The highest BCUT2D eigenvalue weighted by Crippen LogP contribution is 2.24. The number of nitrogens with one attached hydrogen (secondary N) is 1. The molecule has 0 spiro atoms. The van der Waals surface area contributed by atoms with Crippen LogP contribution < -0.4 is 4.72 Å². The summed E-state index contributed by atoms with van der Waals surface area (Å²) in [6.45, 7) is 2.83. The molecule has 1 rings (SSSR count). The number of nitro groups is 1. The van der Waals surface area contributed by atoms with E-state index in [1.54, 1.807) is 6.92 Å². The van der Waals surface area contributed by atoms with Gasteiger partial charge in [0.25, 0.3) is 5.69 Å². The highest BCUT2D eigenvalue weighted by atomic mass is 32.2. The molecule has 0 aliphatic carbocycles. The quantitative estimate of drug-likeness (QED) is 0.474. The number of hydrogen-bond acceptors (Lipinski definition) is 6. The molecule has 21 heavy (non-hydrogen) atoms. The van der Waals surface area contributed by atoms with Crippen LogP contribution in [0.15, 0.2) is 23.1 Å². The Kier molecular flexibility index (Phi) is 5.33. The summed E-state index contributed by atoms with van der Waals surface area (Å²) >= 11 is 0. The maximum absolute atomic E-state index is 13.0. The van der Waals surface area contributed by atoms with Crippen molar-refractivity contribution in [3.8, 4) is 0 Å². The smallest absolute Gasteiger partial charge is 0.323 e. The van der Waals surface area contributed by atoms with E-state index in [9.17, 15) is 27.7 Å². The number of esters is 1. The van der Waals surface area contributed by atoms with Crippen LogP contribution in [-0.2, 0) is 19.6 Å². The lowest BCUT2D eigenvalue weighted by Gasteiger charge is -2.13. The molecule has 0 fully saturated rings. The number of nitro benzene ring substituents is 1. The summed E-state index contributed by atoms with van der Waals surface area (Å²) in [7, 11) is -4.37. The van der Waals surface area contributed by atoms with Crippen LogP contribution >= 0.6 is 0 Å². The van der Waals surface area contributed by atoms with Crippen LogP contribution in [0.25, 0.3) is 0 Å². The standard InChI is InChI=1S/C11H13FN2O6S/c1-3-20-11(15)7(2)13-21(18,19)10-5-4-8(12)6-9(10)14(16)17/h4-7,13H,3H2,1-2H3. The third kappa shape index (κ3) is 4.20. The number of carbonyl (C=O) groups excluding carboxylic acids is 1. The molecule has 0 radical (unpaired) electrons. The number of halogens is 1. The molecule has 0 bridgehead atoms. The maximum atomic E-state index is 13.0. The first-order valence-electron chi connectivity index (χ1n) is 5.82. The van der Waals surface area contributed by atoms with Crippen LogP contribution in [0.5, 0.6) is 0 Å². The molecule has 1 N–H and O–H groups in total. The number of carbonyl (C=O) groups is 1. The fraction of sp³-hybridized carbons (Fsp3) is 0.364. The van der Waals surface area contributed by atoms with E-state index < -0.39 is 43.4 Å². The van der Waals surface area contributed by atoms with Gasteiger partial charge in [0.15, 0.2) is 4.90 Å². The first-order valence-corrected chi connectivity index (χ1v) is 7.30. The average molecular weight is 320 g/mol. The summed E-state index contributed by atoms with van der Waals surface area (Å²) in [5.41, 5.74) is -0.918. The second-order valence-corrected chi connectivity index (χ2v) is 5.65. The van der Waals surface area contributed by atoms with Crippen LogP contribution in [0, 0.1) is 15.9 Å². The molecule has 0 heterocycles. The van der Waals surface area contributed by atoms with Crippen LogP contribution in [0.1, 0.15) is 13.8 Å². The lowest BCUT2D eigenvalue weighted by atomic mass is 10.3. The van der Waals surface area contributed by atoms with Crippen molar-refractivity contribution in [1.82, 2.24) is 4.72 Å². The molecule has 1 atom stereocenters. The van der Waals surface area contributed by atoms with Crippen LogP contribution in [-0.4, -0.2) is 32.0 Å². The Balaban J connectivity index is 3.14. The average Bonchev–Trinajstić information content (AvgIpc) is 2.37. The molecule has 116 valence electrons. The molecular weight excluding hydrogens is 307 g/mol. The first kappa shape index (κ1) is 17.0. The SMILES string of the molecule is CCOC(=O)C(C)NS(=O)(=O)c1ccc(F)cc1[N+](=O)[O-]. The zero-order valence-corrected chi connectivity index (χ0v) is 12.0. The molecular formula is C11H13FN2O6S. The van der Waals surface area contributed by atoms with Crippen molar-refractivity contribution >= 4 is 21.7 Å². The van der Waals surface area contributed by atoms with Crippen molar-refractivity contribution in [2.75, 3.05) is 6.61 Å². The second-order valence-electron chi connectivity index (χ2n) is 3.96. The minimum atomic E-state index is -4.37. The molecule has 0 aromatic heterocycles. The monoisotopic (exact) mass is 320 g/mol. The van der Waals surface area contributed by atoms with E-state index in [0.29, 0.717) is 6.07 Å². The number of rotatable bonds is 6. The van der Waals surface area contributed by atoms with E-state index in [2.05, 4.69) is 4.74 Å². The minimum Gasteiger partial charge on any atom is -0.465 e. The second kappa shape index (κ2) is 6.59. The van der Waals surface area contributed by atoms with Gasteiger partial charge in [-0.3, -0.25) is 14.9 Å². The number of hydrogen-bond donors (Lipinski definition) is 1. The molecule has 0 amide bonds. The van der Waals surface area contributed by atoms with Gasteiger partial charge in [0.05, 0.1) is 17.6 Å². The van der Waals surface area contributed by atoms with Gasteiger partial charge in [-0.15, -0.1) is 0 Å². The van der Waals surface area contributed by atoms with Crippen molar-refractivity contribution in [2.45, 2.75) is 24.8 Å². The fourth-order valence-electron chi connectivity index (χ4n) is 1.47. The number of sulfonamides is 1. The van der Waals surface area contributed by atoms with Gasteiger partial charge in [-0.05, 0) is 26.0 Å². The number of benzene rings is 1. The fourth-order valence-corrected chi connectivity index (χ4v) is 2.82. The Morgan fingerprint density at radius 2 is 2.14 bits per heavy atom. The number of ether oxygens (including phenoxy) is 1. The van der Waals surface area contributed by atoms with Crippen molar-refractivity contribution in [3.05, 3.63) is 34.1 Å². The highest BCUT2D eigenvalue weighted by Gasteiger charge is 2.29. The van der Waals surface area contributed by atoms with Crippen molar-refractivity contribution in [1.29, 1.82) is 0 Å². The zero-order valence-electron chi connectivity index (χ0n) is 11.2. The minimum absolute atomic E-state index is 0.0571. The Bertz CT molecular complexity index is 661. The molecule has 0 aliphatic rings. The van der Waals surface area contributed by atoms with Crippen molar-refractivity contribution in [2.24, 2.45) is 0 Å². The normalized spacial score (nSPS) is 12.7. The van der Waals surface area contributed by atoms with Crippen LogP contribution in [0.3, 0.4) is 0 Å². The van der Waals surface area contributed by atoms with Gasteiger partial charge in [-0.1, -0.05) is 0 Å². The van der Waals surface area contributed by atoms with Crippen molar-refractivity contribution < 1.29 is 27.3 Å². The molecule has 1 aromatic carbocycles. The Labute approximate surface area is 120 Å².